The summed E-state index contributed by atoms with van der Waals surface area (Å²) < 4.78 is 4.94. The first kappa shape index (κ1) is 20.5. The third-order valence-corrected chi connectivity index (χ3v) is 4.87. The van der Waals surface area contributed by atoms with Crippen molar-refractivity contribution in [1.82, 2.24) is 19.9 Å². The van der Waals surface area contributed by atoms with E-state index >= 15 is 0 Å². The van der Waals surface area contributed by atoms with Gasteiger partial charge in [-0.15, -0.1) is 0 Å². The molecule has 6 heterocycles. The number of rotatable bonds is 0. The van der Waals surface area contributed by atoms with Crippen LogP contribution >= 0.6 is 0 Å². The van der Waals surface area contributed by atoms with Crippen LogP contribution in [-0.2, 0) is 24.2 Å². The number of H-pyrrole nitrogens is 2. The maximum atomic E-state index is 4.94. The van der Waals surface area contributed by atoms with Crippen LogP contribution < -0.4 is 0 Å². The Morgan fingerprint density at radius 2 is 0.967 bits per heavy atom. The summed E-state index contributed by atoms with van der Waals surface area (Å²) in [5, 5.41) is 0. The molecule has 0 spiro atoms. The van der Waals surface area contributed by atoms with Crippen LogP contribution in [0.4, 0.5) is 0 Å². The number of nitrogens with one attached hydrogen (secondary N) is 2. The molecule has 0 aromatic carbocycles. The number of hydrogen-bond donors (Lipinski definition) is 2. The van der Waals surface area contributed by atoms with E-state index in [9.17, 15) is 0 Å². The van der Waals surface area contributed by atoms with Crippen LogP contribution in [0.2, 0.25) is 0 Å². The second-order valence-corrected chi connectivity index (χ2v) is 7.22. The number of nitrogens with zero attached hydrogens (tertiary/aromatic N) is 2. The van der Waals surface area contributed by atoms with Crippen LogP contribution in [0, 0.1) is 0 Å². The molecule has 1 fully saturated rings. The van der Waals surface area contributed by atoms with Gasteiger partial charge in [0.1, 0.15) is 0 Å². The Balaban J connectivity index is 0.000000321. The van der Waals surface area contributed by atoms with Crippen LogP contribution in [0.25, 0.3) is 46.4 Å². The minimum absolute atomic E-state index is 0. The van der Waals surface area contributed by atoms with Crippen molar-refractivity contribution in [2.75, 3.05) is 13.2 Å². The number of aromatic amines is 2. The largest absolute Gasteiger partial charge is 0.381 e. The molecule has 3 aliphatic rings. The number of fused-ring (bicyclic) bond motifs is 8. The number of ether oxygens (including phenoxy) is 1. The topological polar surface area (TPSA) is 66.6 Å². The molecular formula is C24H22N4OZn. The van der Waals surface area contributed by atoms with Gasteiger partial charge in [-0.05, 0) is 85.7 Å². The maximum absolute atomic E-state index is 4.94. The van der Waals surface area contributed by atoms with Crippen LogP contribution in [0.3, 0.4) is 0 Å². The molecule has 8 bridgehead atoms. The fourth-order valence-corrected chi connectivity index (χ4v) is 3.45. The molecule has 5 nitrogen and oxygen atoms in total. The van der Waals surface area contributed by atoms with Crippen molar-refractivity contribution in [2.24, 2.45) is 0 Å². The number of hydrogen-bond acceptors (Lipinski definition) is 3. The van der Waals surface area contributed by atoms with E-state index < -0.39 is 0 Å². The van der Waals surface area contributed by atoms with Gasteiger partial charge >= 0.3 is 0 Å². The molecule has 1 saturated heterocycles. The standard InChI is InChI=1S/C20H14N4.C4H8O.Zn/c1-2-14-10-16-5-6-18(23-16)12-20-8-7-19(24-20)11-17-4-3-15(22-17)9-13(1)21-14;1-2-4-5-3-1;/h1-12,21-22H;1-4H2;. The Morgan fingerprint density at radius 3 is 1.37 bits per heavy atom. The summed E-state index contributed by atoms with van der Waals surface area (Å²) >= 11 is 0. The van der Waals surface area contributed by atoms with E-state index in [1.54, 1.807) is 0 Å². The van der Waals surface area contributed by atoms with Crippen molar-refractivity contribution in [3.63, 3.8) is 0 Å². The van der Waals surface area contributed by atoms with E-state index in [0.717, 1.165) is 58.1 Å². The van der Waals surface area contributed by atoms with Gasteiger partial charge in [0.15, 0.2) is 0 Å². The van der Waals surface area contributed by atoms with E-state index in [1.165, 1.54) is 12.8 Å². The quantitative estimate of drug-likeness (QED) is 0.310. The first-order chi connectivity index (χ1) is 14.3. The van der Waals surface area contributed by atoms with Crippen molar-refractivity contribution in [1.29, 1.82) is 0 Å². The zero-order chi connectivity index (χ0) is 19.5. The second kappa shape index (κ2) is 9.33. The monoisotopic (exact) mass is 446 g/mol. The van der Waals surface area contributed by atoms with Crippen molar-refractivity contribution >= 4 is 46.4 Å². The van der Waals surface area contributed by atoms with Gasteiger partial charge in [0.05, 0.1) is 22.8 Å². The van der Waals surface area contributed by atoms with Crippen molar-refractivity contribution in [3.05, 3.63) is 71.3 Å². The van der Waals surface area contributed by atoms with Gasteiger partial charge in [-0.25, -0.2) is 9.97 Å². The van der Waals surface area contributed by atoms with Crippen molar-refractivity contribution in [2.45, 2.75) is 12.8 Å². The van der Waals surface area contributed by atoms with Crippen LogP contribution in [-0.4, -0.2) is 33.1 Å². The summed E-state index contributed by atoms with van der Waals surface area (Å²) in [7, 11) is 0. The fourth-order valence-electron chi connectivity index (χ4n) is 3.45. The summed E-state index contributed by atoms with van der Waals surface area (Å²) in [6.45, 7) is 2.00. The third kappa shape index (κ3) is 5.02. The average molecular weight is 448 g/mol. The summed E-state index contributed by atoms with van der Waals surface area (Å²) in [6, 6.07) is 16.4. The second-order valence-electron chi connectivity index (χ2n) is 7.22. The minimum atomic E-state index is 0. The molecule has 0 radical (unpaired) electrons. The zero-order valence-electron chi connectivity index (χ0n) is 16.8. The van der Waals surface area contributed by atoms with E-state index in [2.05, 4.69) is 50.3 Å². The van der Waals surface area contributed by atoms with Gasteiger partial charge in [-0.2, -0.15) is 0 Å². The molecule has 0 saturated carbocycles. The normalized spacial score (nSPS) is 14.1. The molecule has 3 aromatic heterocycles. The van der Waals surface area contributed by atoms with E-state index in [0.29, 0.717) is 0 Å². The van der Waals surface area contributed by atoms with Crippen LogP contribution in [0.1, 0.15) is 35.6 Å². The SMILES string of the molecule is C1=Cc2cc3ccc(cc4ccc(cc5nc(cc1n2)C=C5)[nH]4)[nH]3.C1CCOC1.[Zn]. The van der Waals surface area contributed by atoms with Crippen LogP contribution in [0.5, 0.6) is 0 Å². The Kier molecular flexibility index (Phi) is 6.36. The first-order valence-electron chi connectivity index (χ1n) is 9.92. The number of aromatic nitrogens is 4. The molecule has 0 atom stereocenters. The molecule has 2 N–H and O–H groups in total. The molecule has 3 aliphatic heterocycles. The van der Waals surface area contributed by atoms with Gasteiger partial charge in [0, 0.05) is 54.8 Å². The third-order valence-electron chi connectivity index (χ3n) is 4.87. The molecule has 30 heavy (non-hydrogen) atoms. The fraction of sp³-hybridized carbons (Fsp3) is 0.167. The molecule has 6 rings (SSSR count). The maximum Gasteiger partial charge on any atom is 0.0659 e. The summed E-state index contributed by atoms with van der Waals surface area (Å²) in [4.78, 5) is 16.0. The molecular weight excluding hydrogens is 426 g/mol. The Hall–Kier alpha value is -2.82. The molecule has 146 valence electrons. The molecule has 0 aliphatic carbocycles. The Morgan fingerprint density at radius 1 is 0.567 bits per heavy atom. The van der Waals surface area contributed by atoms with Gasteiger partial charge in [-0.1, -0.05) is 0 Å². The van der Waals surface area contributed by atoms with Gasteiger partial charge < -0.3 is 14.7 Å². The minimum Gasteiger partial charge on any atom is -0.381 e. The molecule has 3 aromatic rings. The van der Waals surface area contributed by atoms with E-state index in [1.807, 2.05) is 42.5 Å². The van der Waals surface area contributed by atoms with Crippen LogP contribution in [0.15, 0.2) is 48.5 Å². The summed E-state index contributed by atoms with van der Waals surface area (Å²) in [6.07, 6.45) is 10.6. The Labute approximate surface area is 187 Å². The smallest absolute Gasteiger partial charge is 0.0659 e. The zero-order valence-corrected chi connectivity index (χ0v) is 19.7. The first-order valence-corrected chi connectivity index (χ1v) is 9.92. The predicted octanol–water partition coefficient (Wildman–Crippen LogP) is 5.45. The molecule has 0 unspecified atom stereocenters. The van der Waals surface area contributed by atoms with Gasteiger partial charge in [0.2, 0.25) is 0 Å². The van der Waals surface area contributed by atoms with E-state index in [-0.39, 0.29) is 19.5 Å². The molecule has 6 heteroatoms. The predicted molar refractivity (Wildman–Crippen MR) is 119 cm³/mol. The van der Waals surface area contributed by atoms with Crippen molar-refractivity contribution in [3.8, 4) is 0 Å². The Bertz CT molecular complexity index is 1150. The summed E-state index contributed by atoms with van der Waals surface area (Å²) in [5.41, 5.74) is 7.86. The van der Waals surface area contributed by atoms with Gasteiger partial charge in [0.25, 0.3) is 0 Å². The average Bonchev–Trinajstić information content (AvgIpc) is 3.50. The van der Waals surface area contributed by atoms with Crippen molar-refractivity contribution < 1.29 is 24.2 Å². The van der Waals surface area contributed by atoms with Gasteiger partial charge in [-0.3, -0.25) is 0 Å². The van der Waals surface area contributed by atoms with E-state index in [4.69, 9.17) is 4.74 Å². The molecule has 0 amide bonds. The summed E-state index contributed by atoms with van der Waals surface area (Å²) in [5.74, 6) is 0.